The first-order valence-corrected chi connectivity index (χ1v) is 14.6. The van der Waals surface area contributed by atoms with Gasteiger partial charge >= 0.3 is 5.97 Å². The fourth-order valence-electron chi connectivity index (χ4n) is 4.97. The topological polar surface area (TPSA) is 94.0 Å². The van der Waals surface area contributed by atoms with Crippen LogP contribution >= 0.6 is 0 Å². The Balaban J connectivity index is 2.15. The third-order valence-electron chi connectivity index (χ3n) is 7.15. The molecule has 1 saturated heterocycles. The molecule has 0 saturated carbocycles. The quantitative estimate of drug-likeness (QED) is 0.317. The number of hydrogen-bond donors (Lipinski definition) is 1. The van der Waals surface area contributed by atoms with Crippen molar-refractivity contribution < 1.29 is 24.1 Å². The lowest BCUT2D eigenvalue weighted by Gasteiger charge is -2.41. The molecule has 222 valence electrons. The molecule has 3 heterocycles. The smallest absolute Gasteiger partial charge is 0.340 e. The first-order chi connectivity index (χ1) is 18.7. The number of anilines is 1. The molecule has 1 aliphatic rings. The third kappa shape index (κ3) is 8.40. The molecule has 1 fully saturated rings. The SMILES string of the molecule is CCCC(CO)Oc1ccc(-c2cnc(C)c([C@H](OC(C)(C)C)C(=O)OC(C)C)c2N2CCC(C)(C)CC2)nc1. The van der Waals surface area contributed by atoms with Gasteiger partial charge in [-0.2, -0.15) is 0 Å². The summed E-state index contributed by atoms with van der Waals surface area (Å²) in [5.74, 6) is 0.181. The molecule has 0 spiro atoms. The van der Waals surface area contributed by atoms with Crippen LogP contribution in [0.5, 0.6) is 5.75 Å². The summed E-state index contributed by atoms with van der Waals surface area (Å²) in [4.78, 5) is 25.4. The third-order valence-corrected chi connectivity index (χ3v) is 7.15. The summed E-state index contributed by atoms with van der Waals surface area (Å²) >= 11 is 0. The van der Waals surface area contributed by atoms with Gasteiger partial charge in [0.15, 0.2) is 6.10 Å². The molecule has 2 aromatic rings. The zero-order valence-corrected chi connectivity index (χ0v) is 25.9. The van der Waals surface area contributed by atoms with Crippen molar-refractivity contribution >= 4 is 11.7 Å². The molecular weight excluding hydrogens is 506 g/mol. The average Bonchev–Trinajstić information content (AvgIpc) is 2.87. The Kier molecular flexibility index (Phi) is 10.6. The van der Waals surface area contributed by atoms with Gasteiger partial charge in [-0.3, -0.25) is 9.97 Å². The Bertz CT molecular complexity index is 1110. The zero-order valence-electron chi connectivity index (χ0n) is 25.9. The fourth-order valence-corrected chi connectivity index (χ4v) is 4.97. The van der Waals surface area contributed by atoms with Crippen LogP contribution in [0.1, 0.15) is 98.4 Å². The van der Waals surface area contributed by atoms with Gasteiger partial charge in [-0.1, -0.05) is 27.2 Å². The number of ether oxygens (including phenoxy) is 3. The minimum absolute atomic E-state index is 0.0437. The Hall–Kier alpha value is -2.71. The van der Waals surface area contributed by atoms with Gasteiger partial charge in [0, 0.05) is 36.1 Å². The number of aromatic nitrogens is 2. The lowest BCUT2D eigenvalue weighted by atomic mass is 9.82. The van der Waals surface area contributed by atoms with E-state index in [0.717, 1.165) is 67.0 Å². The normalized spacial score (nSPS) is 17.0. The number of pyridine rings is 2. The van der Waals surface area contributed by atoms with Gasteiger partial charge in [-0.15, -0.1) is 0 Å². The predicted molar refractivity (Wildman–Crippen MR) is 159 cm³/mol. The summed E-state index contributed by atoms with van der Waals surface area (Å²) in [5, 5.41) is 9.65. The molecule has 3 rings (SSSR count). The second kappa shape index (κ2) is 13.3. The molecule has 0 amide bonds. The first kappa shape index (κ1) is 31.8. The molecule has 2 atom stereocenters. The molecule has 2 aromatic heterocycles. The summed E-state index contributed by atoms with van der Waals surface area (Å²) in [6.45, 7) is 19.7. The number of carbonyl (C=O) groups excluding carboxylic acids is 1. The maximum absolute atomic E-state index is 13.6. The Morgan fingerprint density at radius 1 is 1.12 bits per heavy atom. The van der Waals surface area contributed by atoms with Crippen LogP contribution in [-0.4, -0.2) is 58.5 Å². The number of piperidine rings is 1. The van der Waals surface area contributed by atoms with Gasteiger partial charge in [0.05, 0.1) is 35.9 Å². The lowest BCUT2D eigenvalue weighted by molar-refractivity contribution is -0.171. The van der Waals surface area contributed by atoms with Crippen molar-refractivity contribution in [1.29, 1.82) is 0 Å². The van der Waals surface area contributed by atoms with E-state index in [2.05, 4.69) is 25.7 Å². The summed E-state index contributed by atoms with van der Waals surface area (Å²) in [6, 6.07) is 3.79. The van der Waals surface area contributed by atoms with Crippen LogP contribution in [-0.2, 0) is 14.3 Å². The van der Waals surface area contributed by atoms with Crippen molar-refractivity contribution in [3.05, 3.63) is 35.8 Å². The van der Waals surface area contributed by atoms with Gasteiger partial charge in [0.1, 0.15) is 11.9 Å². The Labute approximate surface area is 240 Å². The molecule has 0 bridgehead atoms. The van der Waals surface area contributed by atoms with Gasteiger partial charge < -0.3 is 24.2 Å². The predicted octanol–water partition coefficient (Wildman–Crippen LogP) is 6.43. The molecule has 1 unspecified atom stereocenters. The fraction of sp³-hybridized carbons (Fsp3) is 0.656. The van der Waals surface area contributed by atoms with E-state index in [1.165, 1.54) is 0 Å². The van der Waals surface area contributed by atoms with Crippen LogP contribution < -0.4 is 9.64 Å². The van der Waals surface area contributed by atoms with Crippen LogP contribution in [0.2, 0.25) is 0 Å². The standard InChI is InChI=1S/C32H49N3O5/c1-10-11-24(20-36)39-23-12-13-26(34-18-23)25-19-33-22(4)27(28(25)35-16-14-32(8,9)15-17-35)29(40-31(5,6)7)30(37)38-21(2)3/h12-13,18-19,21,24,29,36H,10-11,14-17,20H2,1-9H3/t24?,29-/m0/s1. The van der Waals surface area contributed by atoms with Crippen molar-refractivity contribution in [2.45, 2.75) is 112 Å². The number of aryl methyl sites for hydroxylation is 1. The maximum Gasteiger partial charge on any atom is 0.340 e. The molecule has 1 aliphatic heterocycles. The molecule has 0 radical (unpaired) electrons. The van der Waals surface area contributed by atoms with E-state index < -0.39 is 17.7 Å². The second-order valence-corrected chi connectivity index (χ2v) is 12.9. The van der Waals surface area contributed by atoms with Gasteiger partial charge in [-0.05, 0) is 78.4 Å². The van der Waals surface area contributed by atoms with E-state index >= 15 is 0 Å². The van der Waals surface area contributed by atoms with Crippen molar-refractivity contribution in [3.63, 3.8) is 0 Å². The monoisotopic (exact) mass is 555 g/mol. The largest absolute Gasteiger partial charge is 0.486 e. The summed E-state index contributed by atoms with van der Waals surface area (Å²) in [6.07, 6.45) is 5.77. The van der Waals surface area contributed by atoms with Crippen LogP contribution in [0.25, 0.3) is 11.3 Å². The van der Waals surface area contributed by atoms with E-state index in [9.17, 15) is 9.90 Å². The average molecular weight is 556 g/mol. The highest BCUT2D eigenvalue weighted by Gasteiger charge is 2.37. The Morgan fingerprint density at radius 2 is 1.80 bits per heavy atom. The van der Waals surface area contributed by atoms with E-state index in [0.29, 0.717) is 5.75 Å². The number of aliphatic hydroxyl groups excluding tert-OH is 1. The first-order valence-electron chi connectivity index (χ1n) is 14.6. The molecule has 0 aliphatic carbocycles. The zero-order chi connectivity index (χ0) is 29.7. The van der Waals surface area contributed by atoms with E-state index in [1.807, 2.05) is 59.9 Å². The lowest BCUT2D eigenvalue weighted by Crippen LogP contribution is -2.39. The number of hydrogen-bond acceptors (Lipinski definition) is 8. The van der Waals surface area contributed by atoms with Crippen LogP contribution in [0, 0.1) is 12.3 Å². The number of aliphatic hydroxyl groups is 1. The molecule has 8 heteroatoms. The van der Waals surface area contributed by atoms with Crippen LogP contribution in [0.4, 0.5) is 5.69 Å². The van der Waals surface area contributed by atoms with Crippen molar-refractivity contribution in [2.75, 3.05) is 24.6 Å². The Morgan fingerprint density at radius 3 is 2.33 bits per heavy atom. The number of nitrogens with zero attached hydrogens (tertiary/aromatic N) is 3. The van der Waals surface area contributed by atoms with Gasteiger partial charge in [0.25, 0.3) is 0 Å². The van der Waals surface area contributed by atoms with Crippen LogP contribution in [0.15, 0.2) is 24.5 Å². The van der Waals surface area contributed by atoms with Gasteiger partial charge in [0.2, 0.25) is 0 Å². The minimum atomic E-state index is -0.943. The summed E-state index contributed by atoms with van der Waals surface area (Å²) in [5.41, 5.74) is 3.58. The van der Waals surface area contributed by atoms with E-state index in [-0.39, 0.29) is 24.2 Å². The molecule has 40 heavy (non-hydrogen) atoms. The summed E-state index contributed by atoms with van der Waals surface area (Å²) < 4.78 is 18.1. The number of carbonyl (C=O) groups is 1. The number of rotatable bonds is 11. The van der Waals surface area contributed by atoms with Gasteiger partial charge in [-0.25, -0.2) is 4.79 Å². The van der Waals surface area contributed by atoms with Crippen molar-refractivity contribution in [2.24, 2.45) is 5.41 Å². The number of esters is 1. The highest BCUT2D eigenvalue weighted by atomic mass is 16.6. The highest BCUT2D eigenvalue weighted by Crippen LogP contribution is 2.43. The highest BCUT2D eigenvalue weighted by molar-refractivity contribution is 5.86. The maximum atomic E-state index is 13.6. The molecule has 1 N–H and O–H groups in total. The van der Waals surface area contributed by atoms with Crippen molar-refractivity contribution in [1.82, 2.24) is 9.97 Å². The minimum Gasteiger partial charge on any atom is -0.486 e. The van der Waals surface area contributed by atoms with E-state index in [1.54, 1.807) is 6.20 Å². The molecular formula is C32H49N3O5. The summed E-state index contributed by atoms with van der Waals surface area (Å²) in [7, 11) is 0. The van der Waals surface area contributed by atoms with Crippen molar-refractivity contribution in [3.8, 4) is 17.0 Å². The molecule has 0 aromatic carbocycles. The second-order valence-electron chi connectivity index (χ2n) is 12.9. The molecule has 8 nitrogen and oxygen atoms in total. The van der Waals surface area contributed by atoms with Crippen LogP contribution in [0.3, 0.4) is 0 Å². The van der Waals surface area contributed by atoms with E-state index in [4.69, 9.17) is 24.2 Å².